The van der Waals surface area contributed by atoms with Crippen LogP contribution in [-0.4, -0.2) is 16.0 Å². The molecule has 16 heavy (non-hydrogen) atoms. The van der Waals surface area contributed by atoms with Crippen LogP contribution in [0, 0.1) is 0 Å². The van der Waals surface area contributed by atoms with E-state index in [1.807, 2.05) is 48.5 Å². The molecule has 3 heteroatoms. The van der Waals surface area contributed by atoms with E-state index in [9.17, 15) is 0 Å². The molecule has 2 rings (SSSR count). The first-order valence-electron chi connectivity index (χ1n) is 5.03. The number of hydrogen-bond donors (Lipinski definition) is 0. The fourth-order valence-corrected chi connectivity index (χ4v) is 1.86. The maximum Gasteiger partial charge on any atom is 0.119 e. The van der Waals surface area contributed by atoms with Crippen LogP contribution in [0.15, 0.2) is 60.1 Å². The molecule has 0 unspecified atom stereocenters. The van der Waals surface area contributed by atoms with Gasteiger partial charge in [-0.15, -0.1) is 28.5 Å². The molecule has 0 N–H and O–H groups in total. The monoisotopic (exact) mass is 228 g/mol. The molecular formula is C13H12N2S. The summed E-state index contributed by atoms with van der Waals surface area (Å²) >= 11 is 1.63. The van der Waals surface area contributed by atoms with Crippen molar-refractivity contribution in [2.75, 3.05) is 5.75 Å². The lowest BCUT2D eigenvalue weighted by Crippen LogP contribution is -1.89. The van der Waals surface area contributed by atoms with Crippen LogP contribution < -0.4 is 0 Å². The Hall–Kier alpha value is -1.61. The van der Waals surface area contributed by atoms with Gasteiger partial charge in [0.05, 0.1) is 5.69 Å². The minimum absolute atomic E-state index is 0.860. The molecule has 0 bridgehead atoms. The van der Waals surface area contributed by atoms with Crippen molar-refractivity contribution in [3.63, 3.8) is 0 Å². The summed E-state index contributed by atoms with van der Waals surface area (Å²) in [5, 5.41) is 9.28. The van der Waals surface area contributed by atoms with Crippen LogP contribution in [-0.2, 0) is 0 Å². The molecule has 1 aromatic carbocycles. The molecule has 0 saturated heterocycles. The Bertz CT molecular complexity index is 451. The lowest BCUT2D eigenvalue weighted by atomic mass is 10.1. The van der Waals surface area contributed by atoms with Crippen molar-refractivity contribution in [1.82, 2.24) is 10.2 Å². The quantitative estimate of drug-likeness (QED) is 0.592. The van der Waals surface area contributed by atoms with Crippen LogP contribution in [0.3, 0.4) is 0 Å². The Morgan fingerprint density at radius 2 is 1.88 bits per heavy atom. The van der Waals surface area contributed by atoms with Crippen molar-refractivity contribution in [1.29, 1.82) is 0 Å². The zero-order valence-corrected chi connectivity index (χ0v) is 9.65. The standard InChI is InChI=1S/C13H12N2S/c1-2-10-16-13-9-8-12(14-15-13)11-6-4-3-5-7-11/h2-9H,1,10H2. The summed E-state index contributed by atoms with van der Waals surface area (Å²) in [4.78, 5) is 0. The molecule has 0 saturated carbocycles. The lowest BCUT2D eigenvalue weighted by Gasteiger charge is -2.00. The molecule has 0 aliphatic carbocycles. The van der Waals surface area contributed by atoms with Crippen molar-refractivity contribution >= 4 is 11.8 Å². The highest BCUT2D eigenvalue weighted by Gasteiger charge is 1.99. The van der Waals surface area contributed by atoms with Gasteiger partial charge in [0.15, 0.2) is 0 Å². The summed E-state index contributed by atoms with van der Waals surface area (Å²) < 4.78 is 0. The van der Waals surface area contributed by atoms with E-state index in [-0.39, 0.29) is 0 Å². The first-order chi connectivity index (χ1) is 7.90. The Labute approximate surface area is 99.4 Å². The normalized spacial score (nSPS) is 10.0. The molecule has 1 heterocycles. The molecule has 0 aliphatic rings. The average Bonchev–Trinajstić information content (AvgIpc) is 2.38. The van der Waals surface area contributed by atoms with Gasteiger partial charge < -0.3 is 0 Å². The number of nitrogens with zero attached hydrogens (tertiary/aromatic N) is 2. The maximum absolute atomic E-state index is 4.20. The molecule has 0 spiro atoms. The van der Waals surface area contributed by atoms with Crippen molar-refractivity contribution in [2.45, 2.75) is 5.03 Å². The van der Waals surface area contributed by atoms with Crippen LogP contribution in [0.1, 0.15) is 0 Å². The van der Waals surface area contributed by atoms with E-state index >= 15 is 0 Å². The molecule has 0 aliphatic heterocycles. The Morgan fingerprint density at radius 1 is 1.06 bits per heavy atom. The number of rotatable bonds is 4. The van der Waals surface area contributed by atoms with Crippen LogP contribution >= 0.6 is 11.8 Å². The summed E-state index contributed by atoms with van der Waals surface area (Å²) in [5.74, 6) is 0.860. The highest BCUT2D eigenvalue weighted by molar-refractivity contribution is 7.99. The zero-order chi connectivity index (χ0) is 11.2. The van der Waals surface area contributed by atoms with Crippen LogP contribution in [0.5, 0.6) is 0 Å². The van der Waals surface area contributed by atoms with Gasteiger partial charge in [-0.3, -0.25) is 0 Å². The second-order valence-corrected chi connectivity index (χ2v) is 4.26. The van der Waals surface area contributed by atoms with E-state index in [2.05, 4.69) is 16.8 Å². The fraction of sp³-hybridized carbons (Fsp3) is 0.0769. The van der Waals surface area contributed by atoms with Gasteiger partial charge in [0, 0.05) is 11.3 Å². The van der Waals surface area contributed by atoms with Gasteiger partial charge in [0.25, 0.3) is 0 Å². The number of benzene rings is 1. The van der Waals surface area contributed by atoms with Crippen LogP contribution in [0.25, 0.3) is 11.3 Å². The third kappa shape index (κ3) is 2.70. The molecule has 0 radical (unpaired) electrons. The first kappa shape index (κ1) is 10.9. The molecule has 80 valence electrons. The molecule has 0 amide bonds. The Balaban J connectivity index is 2.16. The van der Waals surface area contributed by atoms with Gasteiger partial charge in [-0.05, 0) is 12.1 Å². The van der Waals surface area contributed by atoms with Gasteiger partial charge >= 0.3 is 0 Å². The predicted octanol–water partition coefficient (Wildman–Crippen LogP) is 3.42. The Morgan fingerprint density at radius 3 is 2.50 bits per heavy atom. The fourth-order valence-electron chi connectivity index (χ4n) is 1.30. The SMILES string of the molecule is C=CCSc1ccc(-c2ccccc2)nn1. The number of aromatic nitrogens is 2. The van der Waals surface area contributed by atoms with Crippen molar-refractivity contribution < 1.29 is 0 Å². The van der Waals surface area contributed by atoms with Crippen molar-refractivity contribution in [3.8, 4) is 11.3 Å². The summed E-state index contributed by atoms with van der Waals surface area (Å²) in [7, 11) is 0. The summed E-state index contributed by atoms with van der Waals surface area (Å²) in [5.41, 5.74) is 2.00. The predicted molar refractivity (Wildman–Crippen MR) is 68.4 cm³/mol. The van der Waals surface area contributed by atoms with E-state index in [4.69, 9.17) is 0 Å². The maximum atomic E-state index is 4.20. The van der Waals surface area contributed by atoms with Gasteiger partial charge in [-0.25, -0.2) is 0 Å². The number of hydrogen-bond acceptors (Lipinski definition) is 3. The first-order valence-corrected chi connectivity index (χ1v) is 6.01. The van der Waals surface area contributed by atoms with E-state index in [1.165, 1.54) is 0 Å². The molecular weight excluding hydrogens is 216 g/mol. The minimum atomic E-state index is 0.860. The highest BCUT2D eigenvalue weighted by atomic mass is 32.2. The zero-order valence-electron chi connectivity index (χ0n) is 8.84. The van der Waals surface area contributed by atoms with E-state index in [1.54, 1.807) is 11.8 Å². The lowest BCUT2D eigenvalue weighted by molar-refractivity contribution is 0.937. The van der Waals surface area contributed by atoms with Crippen LogP contribution in [0.4, 0.5) is 0 Å². The summed E-state index contributed by atoms with van der Waals surface area (Å²) in [6.07, 6.45) is 1.86. The second kappa shape index (κ2) is 5.47. The van der Waals surface area contributed by atoms with E-state index in [0.29, 0.717) is 0 Å². The molecule has 2 aromatic rings. The Kier molecular flexibility index (Phi) is 3.72. The third-order valence-electron chi connectivity index (χ3n) is 2.06. The van der Waals surface area contributed by atoms with E-state index in [0.717, 1.165) is 22.0 Å². The highest BCUT2D eigenvalue weighted by Crippen LogP contribution is 2.19. The molecule has 1 aromatic heterocycles. The summed E-state index contributed by atoms with van der Waals surface area (Å²) in [6.45, 7) is 3.67. The van der Waals surface area contributed by atoms with Gasteiger partial charge in [0.1, 0.15) is 5.03 Å². The number of thioether (sulfide) groups is 1. The van der Waals surface area contributed by atoms with Gasteiger partial charge in [-0.1, -0.05) is 36.4 Å². The smallest absolute Gasteiger partial charge is 0.119 e. The van der Waals surface area contributed by atoms with E-state index < -0.39 is 0 Å². The topological polar surface area (TPSA) is 25.8 Å². The average molecular weight is 228 g/mol. The summed E-state index contributed by atoms with van der Waals surface area (Å²) in [6, 6.07) is 14.0. The van der Waals surface area contributed by atoms with Crippen molar-refractivity contribution in [3.05, 3.63) is 55.1 Å². The second-order valence-electron chi connectivity index (χ2n) is 3.22. The minimum Gasteiger partial charge on any atom is -0.149 e. The van der Waals surface area contributed by atoms with Crippen molar-refractivity contribution in [2.24, 2.45) is 0 Å². The van der Waals surface area contributed by atoms with Gasteiger partial charge in [-0.2, -0.15) is 0 Å². The van der Waals surface area contributed by atoms with Crippen LogP contribution in [0.2, 0.25) is 0 Å². The largest absolute Gasteiger partial charge is 0.149 e. The molecule has 2 nitrogen and oxygen atoms in total. The molecule has 0 atom stereocenters. The molecule has 0 fully saturated rings. The van der Waals surface area contributed by atoms with Gasteiger partial charge in [0.2, 0.25) is 0 Å². The third-order valence-corrected chi connectivity index (χ3v) is 2.97.